The molecule has 2 N–H and O–H groups in total. The van der Waals surface area contributed by atoms with Crippen LogP contribution in [0.3, 0.4) is 0 Å². The molecule has 0 unspecified atom stereocenters. The first-order chi connectivity index (χ1) is 8.47. The predicted molar refractivity (Wildman–Crippen MR) is 67.9 cm³/mol. The van der Waals surface area contributed by atoms with Gasteiger partial charge in [-0.05, 0) is 18.5 Å². The molecule has 1 fully saturated rings. The van der Waals surface area contributed by atoms with Crippen LogP contribution >= 0.6 is 23.2 Å². The largest absolute Gasteiger partial charge is 0.363 e. The molecule has 1 aliphatic heterocycles. The maximum Gasteiger partial charge on any atom is 0.251 e. The van der Waals surface area contributed by atoms with Crippen molar-refractivity contribution in [3.8, 4) is 0 Å². The van der Waals surface area contributed by atoms with Gasteiger partial charge in [-0.25, -0.2) is 9.97 Å². The normalized spacial score (nSPS) is 17.1. The van der Waals surface area contributed by atoms with Crippen molar-refractivity contribution in [2.45, 2.75) is 12.5 Å². The van der Waals surface area contributed by atoms with Gasteiger partial charge < -0.3 is 15.4 Å². The third kappa shape index (κ3) is 3.52. The lowest BCUT2D eigenvalue weighted by Crippen LogP contribution is -2.59. The number of amides is 1. The fourth-order valence-corrected chi connectivity index (χ4v) is 1.86. The lowest BCUT2D eigenvalue weighted by Gasteiger charge is -2.38. The third-order valence-electron chi connectivity index (χ3n) is 2.48. The van der Waals surface area contributed by atoms with Crippen molar-refractivity contribution in [2.75, 3.05) is 25.0 Å². The molecule has 0 atom stereocenters. The number of carbonyl (C=O) groups excluding carboxylic acids is 1. The summed E-state index contributed by atoms with van der Waals surface area (Å²) in [5.74, 6) is -0.0561. The Morgan fingerprint density at radius 1 is 1.56 bits per heavy atom. The van der Waals surface area contributed by atoms with Gasteiger partial charge in [-0.1, -0.05) is 11.6 Å². The van der Waals surface area contributed by atoms with E-state index in [1.165, 1.54) is 6.07 Å². The van der Waals surface area contributed by atoms with Gasteiger partial charge in [0.05, 0.1) is 5.60 Å². The summed E-state index contributed by atoms with van der Waals surface area (Å²) in [4.78, 5) is 19.1. The van der Waals surface area contributed by atoms with Gasteiger partial charge >= 0.3 is 0 Å². The minimum absolute atomic E-state index is 0.0196. The van der Waals surface area contributed by atoms with E-state index in [9.17, 15) is 4.79 Å². The van der Waals surface area contributed by atoms with Crippen molar-refractivity contribution in [1.29, 1.82) is 0 Å². The van der Waals surface area contributed by atoms with Crippen molar-refractivity contribution in [3.05, 3.63) is 16.5 Å². The zero-order valence-electron chi connectivity index (χ0n) is 9.67. The minimum atomic E-state index is -0.311. The zero-order chi connectivity index (χ0) is 13.2. The second-order valence-corrected chi connectivity index (χ2v) is 4.96. The van der Waals surface area contributed by atoms with Crippen molar-refractivity contribution in [3.63, 3.8) is 0 Å². The SMILES string of the molecule is CC1(OCC(=O)Nc2cc(Cl)nc(Cl)n2)CNC1. The monoisotopic (exact) mass is 290 g/mol. The topological polar surface area (TPSA) is 76.1 Å². The van der Waals surface area contributed by atoms with Gasteiger partial charge in [0.15, 0.2) is 0 Å². The van der Waals surface area contributed by atoms with Crippen LogP contribution in [-0.4, -0.2) is 41.2 Å². The van der Waals surface area contributed by atoms with Gasteiger partial charge in [0.1, 0.15) is 17.6 Å². The molecule has 0 radical (unpaired) electrons. The van der Waals surface area contributed by atoms with E-state index >= 15 is 0 Å². The number of anilines is 1. The van der Waals surface area contributed by atoms with Gasteiger partial charge in [0.2, 0.25) is 5.28 Å². The van der Waals surface area contributed by atoms with Gasteiger partial charge in [0.25, 0.3) is 5.91 Å². The molecule has 0 spiro atoms. The van der Waals surface area contributed by atoms with E-state index in [2.05, 4.69) is 20.6 Å². The summed E-state index contributed by atoms with van der Waals surface area (Å²) >= 11 is 11.3. The van der Waals surface area contributed by atoms with Crippen molar-refractivity contribution in [2.24, 2.45) is 0 Å². The standard InChI is InChI=1S/C10H12Cl2N4O2/c1-10(4-13-5-10)18-3-8(17)15-7-2-6(11)14-9(12)16-7/h2,13H,3-5H2,1H3,(H,14,15,16,17). The van der Waals surface area contributed by atoms with Crippen LogP contribution in [0.2, 0.25) is 10.4 Å². The molecule has 98 valence electrons. The highest BCUT2D eigenvalue weighted by Gasteiger charge is 2.33. The summed E-state index contributed by atoms with van der Waals surface area (Å²) in [5, 5.41) is 5.77. The summed E-state index contributed by atoms with van der Waals surface area (Å²) in [5.41, 5.74) is -0.266. The minimum Gasteiger partial charge on any atom is -0.363 e. The maximum absolute atomic E-state index is 11.6. The smallest absolute Gasteiger partial charge is 0.251 e. The van der Waals surface area contributed by atoms with E-state index in [-0.39, 0.29) is 34.4 Å². The second kappa shape index (κ2) is 5.36. The zero-order valence-corrected chi connectivity index (χ0v) is 11.2. The predicted octanol–water partition coefficient (Wildman–Crippen LogP) is 1.10. The number of hydrogen-bond acceptors (Lipinski definition) is 5. The van der Waals surface area contributed by atoms with Crippen LogP contribution in [0.25, 0.3) is 0 Å². The Morgan fingerprint density at radius 2 is 2.28 bits per heavy atom. The number of aromatic nitrogens is 2. The number of hydrogen-bond donors (Lipinski definition) is 2. The molecule has 1 aliphatic rings. The van der Waals surface area contributed by atoms with Crippen molar-refractivity contribution < 1.29 is 9.53 Å². The fourth-order valence-electron chi connectivity index (χ4n) is 1.45. The van der Waals surface area contributed by atoms with Crippen LogP contribution in [0.4, 0.5) is 5.82 Å². The molecule has 0 bridgehead atoms. The molecular weight excluding hydrogens is 279 g/mol. The van der Waals surface area contributed by atoms with E-state index in [1.54, 1.807) is 0 Å². The first kappa shape index (κ1) is 13.5. The first-order valence-corrected chi connectivity index (χ1v) is 6.07. The van der Waals surface area contributed by atoms with E-state index in [0.717, 1.165) is 13.1 Å². The Balaban J connectivity index is 1.86. The summed E-state index contributed by atoms with van der Waals surface area (Å²) in [6.45, 7) is 3.38. The summed E-state index contributed by atoms with van der Waals surface area (Å²) in [7, 11) is 0. The molecular formula is C10H12Cl2N4O2. The number of nitrogens with one attached hydrogen (secondary N) is 2. The van der Waals surface area contributed by atoms with Gasteiger partial charge in [0, 0.05) is 19.2 Å². The lowest BCUT2D eigenvalue weighted by molar-refractivity contribution is -0.130. The quantitative estimate of drug-likeness (QED) is 0.642. The highest BCUT2D eigenvalue weighted by atomic mass is 35.5. The Kier molecular flexibility index (Phi) is 4.01. The van der Waals surface area contributed by atoms with Gasteiger partial charge in [-0.15, -0.1) is 0 Å². The van der Waals surface area contributed by atoms with E-state index in [0.29, 0.717) is 0 Å². The fraction of sp³-hybridized carbons (Fsp3) is 0.500. The Labute approximate surface area is 114 Å². The van der Waals surface area contributed by atoms with Crippen molar-refractivity contribution in [1.82, 2.24) is 15.3 Å². The van der Waals surface area contributed by atoms with E-state index in [4.69, 9.17) is 27.9 Å². The molecule has 6 nitrogen and oxygen atoms in total. The van der Waals surface area contributed by atoms with E-state index in [1.807, 2.05) is 6.92 Å². The highest BCUT2D eigenvalue weighted by Crippen LogP contribution is 2.16. The highest BCUT2D eigenvalue weighted by molar-refractivity contribution is 6.32. The first-order valence-electron chi connectivity index (χ1n) is 5.31. The number of halogens is 2. The summed E-state index contributed by atoms with van der Waals surface area (Å²) in [6, 6.07) is 1.41. The van der Waals surface area contributed by atoms with Crippen molar-refractivity contribution >= 4 is 34.9 Å². The van der Waals surface area contributed by atoms with Crippen LogP contribution in [0.5, 0.6) is 0 Å². The van der Waals surface area contributed by atoms with Gasteiger partial charge in [-0.3, -0.25) is 4.79 Å². The number of ether oxygens (including phenoxy) is 1. The lowest BCUT2D eigenvalue weighted by atomic mass is 10.0. The van der Waals surface area contributed by atoms with Crippen LogP contribution in [0.1, 0.15) is 6.92 Å². The molecule has 18 heavy (non-hydrogen) atoms. The summed E-state index contributed by atoms with van der Waals surface area (Å²) in [6.07, 6.45) is 0. The average molecular weight is 291 g/mol. The van der Waals surface area contributed by atoms with Crippen LogP contribution in [0.15, 0.2) is 6.07 Å². The van der Waals surface area contributed by atoms with Crippen LogP contribution < -0.4 is 10.6 Å². The average Bonchev–Trinajstić information content (AvgIpc) is 2.22. The molecule has 1 amide bonds. The molecule has 1 aromatic heterocycles. The maximum atomic E-state index is 11.6. The molecule has 0 aromatic carbocycles. The van der Waals surface area contributed by atoms with E-state index < -0.39 is 0 Å². The molecule has 0 aliphatic carbocycles. The molecule has 2 rings (SSSR count). The molecule has 0 saturated carbocycles. The Morgan fingerprint density at radius 3 is 2.83 bits per heavy atom. The Bertz CT molecular complexity index is 445. The number of nitrogens with zero attached hydrogens (tertiary/aromatic N) is 2. The molecule has 8 heteroatoms. The second-order valence-electron chi connectivity index (χ2n) is 4.24. The van der Waals surface area contributed by atoms with Crippen LogP contribution in [0, 0.1) is 0 Å². The Hall–Kier alpha value is -0.950. The van der Waals surface area contributed by atoms with Gasteiger partial charge in [-0.2, -0.15) is 0 Å². The molecule has 1 aromatic rings. The number of rotatable bonds is 4. The third-order valence-corrected chi connectivity index (χ3v) is 2.85. The van der Waals surface area contributed by atoms with Crippen LogP contribution in [-0.2, 0) is 9.53 Å². The number of carbonyl (C=O) groups is 1. The summed E-state index contributed by atoms with van der Waals surface area (Å²) < 4.78 is 5.48. The molecule has 1 saturated heterocycles. The molecule has 2 heterocycles.